The minimum Gasteiger partial charge on any atom is -0.349 e. The summed E-state index contributed by atoms with van der Waals surface area (Å²) in [4.78, 5) is 11.9. The number of hydrogen-bond donors (Lipinski definition) is 1. The van der Waals surface area contributed by atoms with E-state index in [1.54, 1.807) is 11.3 Å². The average molecular weight is 339 g/mol. The highest BCUT2D eigenvalue weighted by Gasteiger charge is 2.29. The highest BCUT2D eigenvalue weighted by molar-refractivity contribution is 7.13. The first kappa shape index (κ1) is 15.7. The largest absolute Gasteiger partial charge is 0.349 e. The zero-order chi connectivity index (χ0) is 15.5. The van der Waals surface area contributed by atoms with Crippen molar-refractivity contribution in [2.24, 2.45) is 0 Å². The first-order valence-corrected chi connectivity index (χ1v) is 9.34. The number of aromatic nitrogens is 1. The second-order valence-electron chi connectivity index (χ2n) is 6.24. The van der Waals surface area contributed by atoms with E-state index in [0.29, 0.717) is 6.17 Å². The van der Waals surface area contributed by atoms with Crippen molar-refractivity contribution in [3.63, 3.8) is 0 Å². The molecule has 7 nitrogen and oxygen atoms in total. The molecule has 3 aliphatic rings. The highest BCUT2D eigenvalue weighted by Crippen LogP contribution is 2.20. The fraction of sp³-hybridized carbons (Fsp3) is 0.800. The normalized spacial score (nSPS) is 28.5. The van der Waals surface area contributed by atoms with Crippen molar-refractivity contribution in [1.29, 1.82) is 0 Å². The third kappa shape index (κ3) is 3.84. The predicted octanol–water partition coefficient (Wildman–Crippen LogP) is -0.131. The molecular formula is C15H25N5O2S. The molecule has 0 aromatic carbocycles. The smallest absolute Gasteiger partial charge is 0.185 e. The molecule has 1 unspecified atom stereocenters. The average Bonchev–Trinajstić information content (AvgIpc) is 3.29. The van der Waals surface area contributed by atoms with Gasteiger partial charge in [-0.1, -0.05) is 0 Å². The van der Waals surface area contributed by atoms with Gasteiger partial charge >= 0.3 is 0 Å². The molecule has 8 heteroatoms. The lowest BCUT2D eigenvalue weighted by Gasteiger charge is -2.43. The Morgan fingerprint density at radius 1 is 1.17 bits per heavy atom. The Morgan fingerprint density at radius 2 is 2.00 bits per heavy atom. The minimum absolute atomic E-state index is 0.0187. The standard InChI is InChI=1S/C15H25N5O2S/c1-3-20(15-17-2-10-23-15)11-13(16-1)19-6-4-18(5-7-19)12-14-21-8-9-22-14/h2,10,13-14,16H,1,3-9,11-12H2. The van der Waals surface area contributed by atoms with Crippen LogP contribution in [0.1, 0.15) is 0 Å². The Balaban J connectivity index is 1.26. The molecule has 4 heterocycles. The van der Waals surface area contributed by atoms with Gasteiger partial charge < -0.3 is 14.4 Å². The quantitative estimate of drug-likeness (QED) is 0.820. The van der Waals surface area contributed by atoms with E-state index in [1.807, 2.05) is 6.20 Å². The maximum absolute atomic E-state index is 5.55. The number of rotatable bonds is 4. The molecule has 1 aromatic heterocycles. The van der Waals surface area contributed by atoms with E-state index in [4.69, 9.17) is 9.47 Å². The molecule has 3 saturated heterocycles. The molecule has 1 N–H and O–H groups in total. The van der Waals surface area contributed by atoms with Crippen LogP contribution in [0, 0.1) is 0 Å². The van der Waals surface area contributed by atoms with Crippen molar-refractivity contribution in [2.45, 2.75) is 12.5 Å². The maximum Gasteiger partial charge on any atom is 0.185 e. The van der Waals surface area contributed by atoms with Gasteiger partial charge in [0.15, 0.2) is 11.4 Å². The molecule has 0 saturated carbocycles. The summed E-state index contributed by atoms with van der Waals surface area (Å²) in [6.45, 7) is 9.81. The molecule has 1 atom stereocenters. The fourth-order valence-electron chi connectivity index (χ4n) is 3.50. The van der Waals surface area contributed by atoms with Crippen molar-refractivity contribution >= 4 is 16.5 Å². The van der Waals surface area contributed by atoms with E-state index in [0.717, 1.165) is 70.7 Å². The zero-order valence-electron chi connectivity index (χ0n) is 13.4. The number of hydrogen-bond acceptors (Lipinski definition) is 8. The van der Waals surface area contributed by atoms with Crippen LogP contribution in [-0.2, 0) is 9.47 Å². The van der Waals surface area contributed by atoms with Crippen LogP contribution >= 0.6 is 11.3 Å². The lowest BCUT2D eigenvalue weighted by molar-refractivity contribution is -0.0696. The summed E-state index contributed by atoms with van der Waals surface area (Å²) in [5.74, 6) is 0. The van der Waals surface area contributed by atoms with E-state index in [2.05, 4.69) is 30.4 Å². The summed E-state index contributed by atoms with van der Waals surface area (Å²) in [6, 6.07) is 0. The Kier molecular flexibility index (Phi) is 5.07. The molecule has 128 valence electrons. The monoisotopic (exact) mass is 339 g/mol. The third-order valence-electron chi connectivity index (χ3n) is 4.79. The molecule has 3 aliphatic heterocycles. The summed E-state index contributed by atoms with van der Waals surface area (Å²) in [5, 5.41) is 6.86. The van der Waals surface area contributed by atoms with Gasteiger partial charge in [0.1, 0.15) is 0 Å². The lowest BCUT2D eigenvalue weighted by atomic mass is 10.2. The van der Waals surface area contributed by atoms with Crippen LogP contribution in [-0.4, -0.2) is 92.8 Å². The first-order valence-electron chi connectivity index (χ1n) is 8.46. The van der Waals surface area contributed by atoms with Crippen molar-refractivity contribution < 1.29 is 9.47 Å². The summed E-state index contributed by atoms with van der Waals surface area (Å²) < 4.78 is 11.1. The Morgan fingerprint density at radius 3 is 2.74 bits per heavy atom. The molecule has 0 amide bonds. The van der Waals surface area contributed by atoms with Crippen LogP contribution in [0.4, 0.5) is 5.13 Å². The number of ether oxygens (including phenoxy) is 2. The van der Waals surface area contributed by atoms with E-state index in [-0.39, 0.29) is 6.29 Å². The van der Waals surface area contributed by atoms with Gasteiger partial charge in [0, 0.05) is 63.9 Å². The topological polar surface area (TPSA) is 53.1 Å². The number of thiazole rings is 1. The Hall–Kier alpha value is -0.770. The lowest BCUT2D eigenvalue weighted by Crippen LogP contribution is -2.62. The SMILES string of the molecule is c1csc(N2CCNC(N3CCN(CC4OCCO4)CC3)C2)n1. The van der Waals surface area contributed by atoms with Gasteiger partial charge in [-0.05, 0) is 0 Å². The van der Waals surface area contributed by atoms with Crippen LogP contribution in [0.3, 0.4) is 0 Å². The number of piperazine rings is 2. The zero-order valence-corrected chi connectivity index (χ0v) is 14.2. The van der Waals surface area contributed by atoms with Crippen LogP contribution < -0.4 is 10.2 Å². The molecule has 0 radical (unpaired) electrons. The van der Waals surface area contributed by atoms with Crippen molar-refractivity contribution in [3.05, 3.63) is 11.6 Å². The van der Waals surface area contributed by atoms with E-state index in [9.17, 15) is 0 Å². The van der Waals surface area contributed by atoms with Gasteiger partial charge in [-0.15, -0.1) is 11.3 Å². The van der Waals surface area contributed by atoms with Crippen molar-refractivity contribution in [3.8, 4) is 0 Å². The molecule has 0 bridgehead atoms. The van der Waals surface area contributed by atoms with Crippen LogP contribution in [0.2, 0.25) is 0 Å². The molecular weight excluding hydrogens is 314 g/mol. The molecule has 0 aliphatic carbocycles. The van der Waals surface area contributed by atoms with Gasteiger partial charge in [0.2, 0.25) is 0 Å². The number of nitrogens with zero attached hydrogens (tertiary/aromatic N) is 4. The van der Waals surface area contributed by atoms with E-state index >= 15 is 0 Å². The van der Waals surface area contributed by atoms with Gasteiger partial charge in [-0.2, -0.15) is 0 Å². The molecule has 0 spiro atoms. The fourth-order valence-corrected chi connectivity index (χ4v) is 4.18. The number of anilines is 1. The summed E-state index contributed by atoms with van der Waals surface area (Å²) >= 11 is 1.73. The highest BCUT2D eigenvalue weighted by atomic mass is 32.1. The van der Waals surface area contributed by atoms with E-state index < -0.39 is 0 Å². The second kappa shape index (κ2) is 7.42. The summed E-state index contributed by atoms with van der Waals surface area (Å²) in [6.07, 6.45) is 2.30. The Labute approximate surface area is 141 Å². The van der Waals surface area contributed by atoms with Crippen molar-refractivity contribution in [1.82, 2.24) is 20.1 Å². The van der Waals surface area contributed by atoms with Gasteiger partial charge in [0.05, 0.1) is 19.4 Å². The molecule has 1 aromatic rings. The van der Waals surface area contributed by atoms with E-state index in [1.165, 1.54) is 0 Å². The summed E-state index contributed by atoms with van der Waals surface area (Å²) in [5.41, 5.74) is 0. The van der Waals surface area contributed by atoms with Crippen LogP contribution in [0.5, 0.6) is 0 Å². The molecule has 4 rings (SSSR count). The third-order valence-corrected chi connectivity index (χ3v) is 5.62. The van der Waals surface area contributed by atoms with Crippen LogP contribution in [0.25, 0.3) is 0 Å². The van der Waals surface area contributed by atoms with Gasteiger partial charge in [-0.25, -0.2) is 4.98 Å². The van der Waals surface area contributed by atoms with Gasteiger partial charge in [-0.3, -0.25) is 15.1 Å². The number of nitrogens with one attached hydrogen (secondary N) is 1. The predicted molar refractivity (Wildman–Crippen MR) is 89.8 cm³/mol. The second-order valence-corrected chi connectivity index (χ2v) is 7.11. The Bertz CT molecular complexity index is 474. The molecule has 3 fully saturated rings. The summed E-state index contributed by atoms with van der Waals surface area (Å²) in [7, 11) is 0. The van der Waals surface area contributed by atoms with Crippen molar-refractivity contribution in [2.75, 3.05) is 70.5 Å². The minimum atomic E-state index is -0.0187. The first-order chi connectivity index (χ1) is 11.4. The van der Waals surface area contributed by atoms with Gasteiger partial charge in [0.25, 0.3) is 0 Å². The maximum atomic E-state index is 5.55. The molecule has 23 heavy (non-hydrogen) atoms. The van der Waals surface area contributed by atoms with Crippen LogP contribution in [0.15, 0.2) is 11.6 Å².